The van der Waals surface area contributed by atoms with E-state index in [4.69, 9.17) is 5.11 Å². The van der Waals surface area contributed by atoms with E-state index in [1.54, 1.807) is 6.92 Å². The summed E-state index contributed by atoms with van der Waals surface area (Å²) in [5.41, 5.74) is 0.512. The zero-order valence-corrected chi connectivity index (χ0v) is 13.7. The Bertz CT molecular complexity index is 780. The molecule has 1 unspecified atom stereocenters. The van der Waals surface area contributed by atoms with E-state index in [0.29, 0.717) is 5.56 Å². The second-order valence-corrected chi connectivity index (χ2v) is 8.51. The van der Waals surface area contributed by atoms with E-state index in [9.17, 15) is 21.6 Å². The van der Waals surface area contributed by atoms with Gasteiger partial charge in [0.05, 0.1) is 9.79 Å². The highest BCUT2D eigenvalue weighted by Gasteiger charge is 2.26. The third-order valence-corrected chi connectivity index (χ3v) is 5.74. The van der Waals surface area contributed by atoms with Crippen LogP contribution < -0.4 is 4.72 Å². The van der Waals surface area contributed by atoms with Crippen LogP contribution in [0, 0.1) is 13.8 Å². The monoisotopic (exact) mass is 335 g/mol. The maximum atomic E-state index is 12.2. The lowest BCUT2D eigenvalue weighted by Gasteiger charge is -2.15. The average Bonchev–Trinajstić information content (AvgIpc) is 2.29. The van der Waals surface area contributed by atoms with Crippen LogP contribution >= 0.6 is 0 Å². The number of hydrogen-bond donors (Lipinski definition) is 2. The first-order valence-corrected chi connectivity index (χ1v) is 9.30. The molecule has 1 atom stereocenters. The molecule has 0 amide bonds. The number of hydrogen-bond acceptors (Lipinski definition) is 5. The molecule has 1 aromatic carbocycles. The van der Waals surface area contributed by atoms with E-state index in [2.05, 4.69) is 0 Å². The highest BCUT2D eigenvalue weighted by Crippen LogP contribution is 2.25. The first kappa shape index (κ1) is 17.6. The molecule has 0 saturated heterocycles. The molecule has 0 radical (unpaired) electrons. The Morgan fingerprint density at radius 3 is 2.05 bits per heavy atom. The molecule has 118 valence electrons. The van der Waals surface area contributed by atoms with Crippen LogP contribution in [0.1, 0.15) is 18.1 Å². The number of nitrogens with one attached hydrogen (secondary N) is 1. The van der Waals surface area contributed by atoms with Gasteiger partial charge in [0.25, 0.3) is 0 Å². The molecular formula is C12H17NO6S2. The fourth-order valence-electron chi connectivity index (χ4n) is 1.80. The van der Waals surface area contributed by atoms with Crippen molar-refractivity contribution < 1.29 is 26.7 Å². The Balaban J connectivity index is 3.51. The van der Waals surface area contributed by atoms with Gasteiger partial charge in [-0.25, -0.2) is 16.8 Å². The number of sulfonamides is 1. The predicted octanol–water partition coefficient (Wildman–Crippen LogP) is 0.458. The second-order valence-electron chi connectivity index (χ2n) is 4.84. The number of carboxylic acids is 1. The highest BCUT2D eigenvalue weighted by molar-refractivity contribution is 7.91. The van der Waals surface area contributed by atoms with Crippen molar-refractivity contribution in [3.63, 3.8) is 0 Å². The first-order valence-electron chi connectivity index (χ1n) is 5.92. The summed E-state index contributed by atoms with van der Waals surface area (Å²) in [4.78, 5) is 10.4. The van der Waals surface area contributed by atoms with Crippen LogP contribution in [-0.2, 0) is 24.7 Å². The van der Waals surface area contributed by atoms with E-state index in [1.807, 2.05) is 4.72 Å². The molecule has 0 fully saturated rings. The normalized spacial score (nSPS) is 13.9. The van der Waals surface area contributed by atoms with Crippen molar-refractivity contribution >= 4 is 25.8 Å². The van der Waals surface area contributed by atoms with Crippen LogP contribution in [-0.4, -0.2) is 40.2 Å². The molecule has 1 rings (SSSR count). The molecule has 0 aromatic heterocycles. The van der Waals surface area contributed by atoms with Crippen molar-refractivity contribution in [1.82, 2.24) is 4.72 Å². The summed E-state index contributed by atoms with van der Waals surface area (Å²) in [5, 5.41) is 8.78. The summed E-state index contributed by atoms with van der Waals surface area (Å²) in [6.45, 7) is 4.12. The van der Waals surface area contributed by atoms with E-state index in [-0.39, 0.29) is 15.4 Å². The molecule has 0 aliphatic rings. The lowest BCUT2D eigenvalue weighted by Crippen LogP contribution is -2.38. The van der Waals surface area contributed by atoms with Gasteiger partial charge in [-0.05, 0) is 44.0 Å². The standard InChI is InChI=1S/C12H17NO6S2/c1-7-5-10(20(4,16)17)8(2)11(6-7)21(18,19)13-9(3)12(14)15/h5-6,9,13H,1-4H3,(H,14,15). The molecule has 0 saturated carbocycles. The maximum Gasteiger partial charge on any atom is 0.321 e. The topological polar surface area (TPSA) is 118 Å². The minimum Gasteiger partial charge on any atom is -0.480 e. The Morgan fingerprint density at radius 1 is 1.14 bits per heavy atom. The van der Waals surface area contributed by atoms with Crippen molar-refractivity contribution in [2.24, 2.45) is 0 Å². The number of benzene rings is 1. The van der Waals surface area contributed by atoms with E-state index in [1.165, 1.54) is 26.0 Å². The summed E-state index contributed by atoms with van der Waals surface area (Å²) >= 11 is 0. The Morgan fingerprint density at radius 2 is 1.62 bits per heavy atom. The molecule has 0 spiro atoms. The molecule has 0 aliphatic carbocycles. The molecule has 1 aromatic rings. The van der Waals surface area contributed by atoms with Crippen molar-refractivity contribution in [2.75, 3.05) is 6.26 Å². The summed E-state index contributed by atoms with van der Waals surface area (Å²) in [6, 6.07) is 1.36. The lowest BCUT2D eigenvalue weighted by atomic mass is 10.2. The zero-order chi connectivity index (χ0) is 16.6. The highest BCUT2D eigenvalue weighted by atomic mass is 32.2. The van der Waals surface area contributed by atoms with Crippen LogP contribution in [0.5, 0.6) is 0 Å². The smallest absolute Gasteiger partial charge is 0.321 e. The van der Waals surface area contributed by atoms with E-state index in [0.717, 1.165) is 6.26 Å². The van der Waals surface area contributed by atoms with Crippen LogP contribution in [0.2, 0.25) is 0 Å². The minimum absolute atomic E-state index is 0.0631. The Kier molecular flexibility index (Phi) is 4.81. The Hall–Kier alpha value is -1.45. The van der Waals surface area contributed by atoms with Crippen molar-refractivity contribution in [2.45, 2.75) is 36.6 Å². The van der Waals surface area contributed by atoms with Gasteiger partial charge in [-0.15, -0.1) is 0 Å². The van der Waals surface area contributed by atoms with Crippen molar-refractivity contribution in [3.8, 4) is 0 Å². The molecular weight excluding hydrogens is 318 g/mol. The number of sulfone groups is 1. The zero-order valence-electron chi connectivity index (χ0n) is 12.0. The van der Waals surface area contributed by atoms with Crippen molar-refractivity contribution in [1.29, 1.82) is 0 Å². The summed E-state index contributed by atoms with van der Waals surface area (Å²) < 4.78 is 49.9. The van der Waals surface area contributed by atoms with Gasteiger partial charge in [-0.2, -0.15) is 4.72 Å². The fourth-order valence-corrected chi connectivity index (χ4v) is 4.48. The molecule has 21 heavy (non-hydrogen) atoms. The number of carboxylic acid groups (broad SMARTS) is 1. The summed E-state index contributed by atoms with van der Waals surface area (Å²) in [7, 11) is -7.73. The van der Waals surface area contributed by atoms with Gasteiger partial charge in [0, 0.05) is 6.26 Å². The third kappa shape index (κ3) is 4.02. The number of carbonyl (C=O) groups is 1. The lowest BCUT2D eigenvalue weighted by molar-refractivity contribution is -0.138. The van der Waals surface area contributed by atoms with Gasteiger partial charge in [-0.3, -0.25) is 4.79 Å². The van der Waals surface area contributed by atoms with Gasteiger partial charge in [0.15, 0.2) is 9.84 Å². The van der Waals surface area contributed by atoms with E-state index >= 15 is 0 Å². The minimum atomic E-state index is -4.14. The van der Waals surface area contributed by atoms with Crippen LogP contribution in [0.4, 0.5) is 0 Å². The number of rotatable bonds is 5. The third-order valence-electron chi connectivity index (χ3n) is 2.85. The molecule has 0 aliphatic heterocycles. The Labute approximate surface area is 124 Å². The van der Waals surface area contributed by atoms with Gasteiger partial charge >= 0.3 is 5.97 Å². The van der Waals surface area contributed by atoms with Crippen molar-refractivity contribution in [3.05, 3.63) is 23.3 Å². The second kappa shape index (κ2) is 5.74. The van der Waals surface area contributed by atoms with Crippen LogP contribution in [0.15, 0.2) is 21.9 Å². The quantitative estimate of drug-likeness (QED) is 0.807. The molecule has 7 nitrogen and oxygen atoms in total. The number of aliphatic carboxylic acids is 1. The number of aryl methyl sites for hydroxylation is 1. The summed E-state index contributed by atoms with van der Waals surface area (Å²) in [5.74, 6) is -1.33. The van der Waals surface area contributed by atoms with Gasteiger partial charge in [0.1, 0.15) is 6.04 Å². The fraction of sp³-hybridized carbons (Fsp3) is 0.417. The maximum absolute atomic E-state index is 12.2. The molecule has 9 heteroatoms. The molecule has 2 N–H and O–H groups in total. The van der Waals surface area contributed by atoms with Crippen LogP contribution in [0.25, 0.3) is 0 Å². The summed E-state index contributed by atoms with van der Waals surface area (Å²) in [6.07, 6.45) is 0.985. The van der Waals surface area contributed by atoms with Gasteiger partial charge in [0.2, 0.25) is 10.0 Å². The SMILES string of the molecule is Cc1cc(S(C)(=O)=O)c(C)c(S(=O)(=O)NC(C)C(=O)O)c1. The largest absolute Gasteiger partial charge is 0.480 e. The molecule has 0 bridgehead atoms. The van der Waals surface area contributed by atoms with E-state index < -0.39 is 31.9 Å². The molecule has 0 heterocycles. The van der Waals surface area contributed by atoms with Gasteiger partial charge < -0.3 is 5.11 Å². The van der Waals surface area contributed by atoms with Crippen LogP contribution in [0.3, 0.4) is 0 Å². The first-order chi connectivity index (χ1) is 9.36. The van der Waals surface area contributed by atoms with Gasteiger partial charge in [-0.1, -0.05) is 0 Å². The average molecular weight is 335 g/mol. The predicted molar refractivity (Wildman–Crippen MR) is 76.4 cm³/mol.